The number of hydrogen-bond donors (Lipinski definition) is 3. The van der Waals surface area contributed by atoms with Crippen LogP contribution in [-0.4, -0.2) is 65.2 Å². The molecule has 0 spiro atoms. The average Bonchev–Trinajstić information content (AvgIpc) is 2.89. The first kappa shape index (κ1) is 26.3. The number of rotatable bonds is 9. The zero-order valence-electron chi connectivity index (χ0n) is 21.3. The monoisotopic (exact) mass is 506 g/mol. The summed E-state index contributed by atoms with van der Waals surface area (Å²) in [5.41, 5.74) is 13.9. The number of fused-ring (bicyclic) bond motifs is 1. The van der Waals surface area contributed by atoms with Crippen molar-refractivity contribution in [3.8, 4) is 0 Å². The van der Waals surface area contributed by atoms with Gasteiger partial charge in [-0.2, -0.15) is 0 Å². The number of nitrogens with zero attached hydrogens (tertiary/aromatic N) is 3. The quantitative estimate of drug-likeness (QED) is 0.393. The molecule has 5 N–H and O–H groups in total. The molecule has 1 aromatic carbocycles. The van der Waals surface area contributed by atoms with Crippen LogP contribution in [0.15, 0.2) is 41.2 Å². The summed E-state index contributed by atoms with van der Waals surface area (Å²) < 4.78 is 7.18. The molecule has 196 valence electrons. The summed E-state index contributed by atoms with van der Waals surface area (Å²) in [5, 5.41) is 3.33. The zero-order valence-corrected chi connectivity index (χ0v) is 21.3. The van der Waals surface area contributed by atoms with E-state index in [1.807, 2.05) is 31.2 Å². The van der Waals surface area contributed by atoms with E-state index < -0.39 is 11.3 Å². The smallest absolute Gasteiger partial charge is 0.256 e. The molecule has 0 aliphatic carbocycles. The van der Waals surface area contributed by atoms with E-state index in [4.69, 9.17) is 16.2 Å². The number of hydrogen-bond acceptors (Lipinski definition) is 7. The topological polar surface area (TPSA) is 146 Å². The van der Waals surface area contributed by atoms with Gasteiger partial charge in [-0.3, -0.25) is 19.3 Å². The number of carbonyl (C=O) groups excluding carboxylic acids is 2. The molecule has 3 heterocycles. The minimum absolute atomic E-state index is 0.0176. The third kappa shape index (κ3) is 5.81. The van der Waals surface area contributed by atoms with Crippen LogP contribution in [-0.2, 0) is 28.9 Å². The van der Waals surface area contributed by atoms with Crippen molar-refractivity contribution in [1.82, 2.24) is 19.8 Å². The molecule has 2 aromatic heterocycles. The minimum atomic E-state index is -0.851. The van der Waals surface area contributed by atoms with E-state index >= 15 is 0 Å². The minimum Gasteiger partial charge on any atom is -0.384 e. The number of primary amides is 1. The first-order valence-corrected chi connectivity index (χ1v) is 12.6. The molecule has 1 aliphatic rings. The second-order valence-corrected chi connectivity index (χ2v) is 9.20. The molecule has 0 radical (unpaired) electrons. The number of nitrogens with two attached hydrogens (primary N) is 2. The van der Waals surface area contributed by atoms with Crippen LogP contribution in [0.5, 0.6) is 0 Å². The largest absolute Gasteiger partial charge is 0.384 e. The Hall–Kier alpha value is -3.76. The summed E-state index contributed by atoms with van der Waals surface area (Å²) in [5.74, 6) is -0.843. The summed E-state index contributed by atoms with van der Waals surface area (Å²) in [7, 11) is 0. The Labute approximate surface area is 215 Å². The number of nitrogen functional groups attached to an aromatic ring is 1. The van der Waals surface area contributed by atoms with Crippen LogP contribution in [0.4, 0.5) is 5.82 Å². The third-order valence-corrected chi connectivity index (χ3v) is 6.83. The van der Waals surface area contributed by atoms with E-state index in [9.17, 15) is 14.4 Å². The van der Waals surface area contributed by atoms with Crippen molar-refractivity contribution < 1.29 is 14.3 Å². The molecule has 10 nitrogen and oxygen atoms in total. The van der Waals surface area contributed by atoms with E-state index in [2.05, 4.69) is 22.1 Å². The lowest BCUT2D eigenvalue weighted by atomic mass is 10.0. The molecule has 4 rings (SSSR count). The van der Waals surface area contributed by atoms with Gasteiger partial charge in [0.05, 0.1) is 31.1 Å². The van der Waals surface area contributed by atoms with Crippen molar-refractivity contribution in [2.24, 2.45) is 5.73 Å². The molecule has 10 heteroatoms. The van der Waals surface area contributed by atoms with Gasteiger partial charge in [0, 0.05) is 31.7 Å². The number of nitrogens with one attached hydrogen (secondary N) is 1. The highest BCUT2D eigenvalue weighted by Gasteiger charge is 2.22. The standard InChI is InChI=1S/C27H34N6O4/c1-3-32-11-12-37-16-20(32)15-30-22(34)14-18-7-5-17(6-8-18)13-19-9-10-21-24(35)23(26(29)36)25(28)33(4-2)27(21)31-19/h5-10,20H,3-4,11-16,28H2,1-2H3,(H2,29,36)(H,30,34). The number of anilines is 1. The SMILES string of the molecule is CCN1CCOCC1CNC(=O)Cc1ccc(Cc2ccc3c(=O)c(C(N)=O)c(N)n(CC)c3n2)cc1. The number of carbonyl (C=O) groups is 2. The van der Waals surface area contributed by atoms with Crippen molar-refractivity contribution in [1.29, 1.82) is 0 Å². The second-order valence-electron chi connectivity index (χ2n) is 9.20. The van der Waals surface area contributed by atoms with Gasteiger partial charge in [-0.25, -0.2) is 4.98 Å². The lowest BCUT2D eigenvalue weighted by Gasteiger charge is -2.34. The first-order chi connectivity index (χ1) is 17.8. The van der Waals surface area contributed by atoms with Crippen LogP contribution < -0.4 is 22.2 Å². The first-order valence-electron chi connectivity index (χ1n) is 12.6. The maximum atomic E-state index is 12.7. The lowest BCUT2D eigenvalue weighted by Crippen LogP contribution is -2.51. The van der Waals surface area contributed by atoms with E-state index in [0.717, 1.165) is 36.5 Å². The molecule has 0 bridgehead atoms. The van der Waals surface area contributed by atoms with Crippen LogP contribution in [0.25, 0.3) is 11.0 Å². The highest BCUT2D eigenvalue weighted by molar-refractivity contribution is 6.00. The summed E-state index contributed by atoms with van der Waals surface area (Å²) in [4.78, 5) is 44.0. The van der Waals surface area contributed by atoms with E-state index in [-0.39, 0.29) is 23.3 Å². The summed E-state index contributed by atoms with van der Waals surface area (Å²) in [6.07, 6.45) is 0.838. The third-order valence-electron chi connectivity index (χ3n) is 6.83. The summed E-state index contributed by atoms with van der Waals surface area (Å²) in [6.45, 7) is 8.19. The number of morpholine rings is 1. The van der Waals surface area contributed by atoms with Crippen molar-refractivity contribution in [2.75, 3.05) is 38.6 Å². The number of ether oxygens (including phenoxy) is 1. The molecular formula is C27H34N6O4. The van der Waals surface area contributed by atoms with Crippen molar-refractivity contribution >= 4 is 28.7 Å². The van der Waals surface area contributed by atoms with Gasteiger partial charge in [-0.05, 0) is 36.7 Å². The van der Waals surface area contributed by atoms with E-state index in [0.29, 0.717) is 43.6 Å². The van der Waals surface area contributed by atoms with E-state index in [1.54, 1.807) is 16.7 Å². The fraction of sp³-hybridized carbons (Fsp3) is 0.407. The van der Waals surface area contributed by atoms with Crippen molar-refractivity contribution in [2.45, 2.75) is 39.3 Å². The van der Waals surface area contributed by atoms with Crippen molar-refractivity contribution in [3.05, 3.63) is 69.0 Å². The highest BCUT2D eigenvalue weighted by Crippen LogP contribution is 2.19. The number of aromatic nitrogens is 2. The average molecular weight is 507 g/mol. The van der Waals surface area contributed by atoms with Crippen LogP contribution in [0.3, 0.4) is 0 Å². The van der Waals surface area contributed by atoms with Gasteiger partial charge in [0.15, 0.2) is 0 Å². The fourth-order valence-corrected chi connectivity index (χ4v) is 4.78. The molecule has 1 fully saturated rings. The Morgan fingerprint density at radius 3 is 2.51 bits per heavy atom. The Kier molecular flexibility index (Phi) is 8.20. The summed E-state index contributed by atoms with van der Waals surface area (Å²) >= 11 is 0. The number of aryl methyl sites for hydroxylation is 1. The molecule has 37 heavy (non-hydrogen) atoms. The normalized spacial score (nSPS) is 16.1. The van der Waals surface area contributed by atoms with Gasteiger partial charge in [0.25, 0.3) is 5.91 Å². The fourth-order valence-electron chi connectivity index (χ4n) is 4.78. The molecule has 1 unspecified atom stereocenters. The van der Waals surface area contributed by atoms with Gasteiger partial charge in [-0.15, -0.1) is 0 Å². The highest BCUT2D eigenvalue weighted by atomic mass is 16.5. The lowest BCUT2D eigenvalue weighted by molar-refractivity contribution is -0.121. The molecule has 1 atom stereocenters. The van der Waals surface area contributed by atoms with Crippen LogP contribution in [0, 0.1) is 0 Å². The maximum Gasteiger partial charge on any atom is 0.256 e. The Balaban J connectivity index is 1.43. The number of pyridine rings is 2. The van der Waals surface area contributed by atoms with Crippen LogP contribution in [0.2, 0.25) is 0 Å². The van der Waals surface area contributed by atoms with E-state index in [1.165, 1.54) is 0 Å². The maximum absolute atomic E-state index is 12.7. The van der Waals surface area contributed by atoms with Crippen LogP contribution >= 0.6 is 0 Å². The zero-order chi connectivity index (χ0) is 26.5. The van der Waals surface area contributed by atoms with Gasteiger partial charge >= 0.3 is 0 Å². The Bertz CT molecular complexity index is 1350. The molecular weight excluding hydrogens is 472 g/mol. The van der Waals surface area contributed by atoms with Gasteiger partial charge in [0.1, 0.15) is 17.0 Å². The van der Waals surface area contributed by atoms with Crippen LogP contribution in [0.1, 0.15) is 41.0 Å². The molecule has 0 saturated carbocycles. The molecule has 1 aliphatic heterocycles. The molecule has 2 amide bonds. The summed E-state index contributed by atoms with van der Waals surface area (Å²) in [6, 6.07) is 11.5. The Morgan fingerprint density at radius 1 is 1.11 bits per heavy atom. The molecule has 3 aromatic rings. The number of benzene rings is 1. The molecule has 1 saturated heterocycles. The number of amides is 2. The number of likely N-dealkylation sites (N-methyl/N-ethyl adjacent to an activating group) is 1. The van der Waals surface area contributed by atoms with Crippen molar-refractivity contribution in [3.63, 3.8) is 0 Å². The van der Waals surface area contributed by atoms with Gasteiger partial charge < -0.3 is 26.1 Å². The predicted octanol–water partition coefficient (Wildman–Crippen LogP) is 1.07. The van der Waals surface area contributed by atoms with Gasteiger partial charge in [0.2, 0.25) is 11.3 Å². The second kappa shape index (κ2) is 11.5. The predicted molar refractivity (Wildman–Crippen MR) is 142 cm³/mol. The van der Waals surface area contributed by atoms with Gasteiger partial charge in [-0.1, -0.05) is 31.2 Å². The Morgan fingerprint density at radius 2 is 1.84 bits per heavy atom.